The summed E-state index contributed by atoms with van der Waals surface area (Å²) in [4.78, 5) is 85.7. The maximum atomic E-state index is 15.4. The van der Waals surface area contributed by atoms with E-state index < -0.39 is 35.5 Å². The summed E-state index contributed by atoms with van der Waals surface area (Å²) in [5.74, 6) is -2.41. The molecule has 17 heteroatoms. The molecule has 3 atom stereocenters. The number of nitrogens with one attached hydrogen (secondary N) is 2. The van der Waals surface area contributed by atoms with Gasteiger partial charge in [0.1, 0.15) is 16.3 Å². The normalized spacial score (nSPS) is 23.7. The molecule has 0 spiro atoms. The molecule has 0 saturated carbocycles. The highest BCUT2D eigenvalue weighted by Crippen LogP contribution is 2.34. The Morgan fingerprint density at radius 1 is 0.914 bits per heavy atom. The van der Waals surface area contributed by atoms with Gasteiger partial charge in [0, 0.05) is 84.0 Å². The number of aromatic nitrogens is 2. The SMILES string of the molecule is CN1CC(Nc2cnn(C)c(=O)c2Br)CC(c2ccc(C(=O)N3CCC(CN4CCN(c5cc6c(cc5F)C(=O)N(C5CCC(=O)NC5=O)C6=O)CC4)CC3)cc2)C1. The number of carbonyl (C=O) groups is 5. The highest BCUT2D eigenvalue weighted by molar-refractivity contribution is 9.10. The number of likely N-dealkylation sites (N-methyl/N-ethyl adjacent to an activating group) is 1. The fourth-order valence-electron chi connectivity index (χ4n) is 9.15. The molecule has 0 bridgehead atoms. The first kappa shape index (κ1) is 39.8. The summed E-state index contributed by atoms with van der Waals surface area (Å²) in [7, 11) is 3.71. The van der Waals surface area contributed by atoms with Crippen molar-refractivity contribution in [3.63, 3.8) is 0 Å². The van der Waals surface area contributed by atoms with Gasteiger partial charge in [-0.1, -0.05) is 12.1 Å². The smallest absolute Gasteiger partial charge is 0.282 e. The van der Waals surface area contributed by atoms with E-state index in [0.717, 1.165) is 49.9 Å². The van der Waals surface area contributed by atoms with Crippen molar-refractivity contribution in [2.24, 2.45) is 13.0 Å². The maximum Gasteiger partial charge on any atom is 0.282 e. The van der Waals surface area contributed by atoms with Crippen LogP contribution in [0.3, 0.4) is 0 Å². The van der Waals surface area contributed by atoms with Crippen molar-refractivity contribution in [2.45, 2.75) is 50.1 Å². The summed E-state index contributed by atoms with van der Waals surface area (Å²) >= 11 is 3.42. The lowest BCUT2D eigenvalue weighted by molar-refractivity contribution is -0.136. The molecule has 2 aromatic carbocycles. The Morgan fingerprint density at radius 3 is 2.29 bits per heavy atom. The molecule has 0 radical (unpaired) electrons. The van der Waals surface area contributed by atoms with E-state index in [-0.39, 0.29) is 53.1 Å². The van der Waals surface area contributed by atoms with E-state index in [1.807, 2.05) is 21.9 Å². The molecule has 306 valence electrons. The number of rotatable bonds is 8. The van der Waals surface area contributed by atoms with Crippen LogP contribution in [-0.4, -0.2) is 137 Å². The summed E-state index contributed by atoms with van der Waals surface area (Å²) in [6, 6.07) is 9.54. The summed E-state index contributed by atoms with van der Waals surface area (Å²) in [5, 5.41) is 9.83. The van der Waals surface area contributed by atoms with Gasteiger partial charge in [-0.05, 0) is 90.3 Å². The number of hydrogen-bond donors (Lipinski definition) is 2. The van der Waals surface area contributed by atoms with Crippen molar-refractivity contribution in [3.8, 4) is 0 Å². The lowest BCUT2D eigenvalue weighted by atomic mass is 9.87. The van der Waals surface area contributed by atoms with Crippen molar-refractivity contribution in [1.82, 2.24) is 34.7 Å². The average molecular weight is 861 g/mol. The Labute approximate surface area is 343 Å². The predicted octanol–water partition coefficient (Wildman–Crippen LogP) is 2.66. The van der Waals surface area contributed by atoms with Crippen molar-refractivity contribution in [3.05, 3.63) is 85.5 Å². The molecule has 4 fully saturated rings. The molecule has 5 amide bonds. The molecule has 5 aliphatic heterocycles. The van der Waals surface area contributed by atoms with Gasteiger partial charge < -0.3 is 20.0 Å². The van der Waals surface area contributed by atoms with Crippen LogP contribution in [0.25, 0.3) is 0 Å². The number of carbonyl (C=O) groups excluding carboxylic acids is 5. The molecule has 6 heterocycles. The summed E-state index contributed by atoms with van der Waals surface area (Å²) in [5.41, 5.74) is 2.59. The van der Waals surface area contributed by atoms with Crippen LogP contribution in [-0.2, 0) is 16.6 Å². The van der Waals surface area contributed by atoms with E-state index in [4.69, 9.17) is 0 Å². The monoisotopic (exact) mass is 859 g/mol. The van der Waals surface area contributed by atoms with E-state index in [2.05, 4.69) is 60.6 Å². The van der Waals surface area contributed by atoms with Gasteiger partial charge in [0.15, 0.2) is 0 Å². The molecule has 3 unspecified atom stereocenters. The first-order valence-electron chi connectivity index (χ1n) is 19.9. The first-order chi connectivity index (χ1) is 27.8. The highest BCUT2D eigenvalue weighted by atomic mass is 79.9. The molecule has 58 heavy (non-hydrogen) atoms. The minimum absolute atomic E-state index is 0.0129. The Hall–Kier alpha value is -5.00. The first-order valence-corrected chi connectivity index (χ1v) is 20.7. The maximum absolute atomic E-state index is 15.4. The number of likely N-dealkylation sites (tertiary alicyclic amines) is 2. The van der Waals surface area contributed by atoms with Crippen LogP contribution in [0.5, 0.6) is 0 Å². The topological polar surface area (TPSA) is 160 Å². The van der Waals surface area contributed by atoms with Gasteiger partial charge in [-0.25, -0.2) is 9.07 Å². The van der Waals surface area contributed by atoms with Crippen LogP contribution in [0, 0.1) is 11.7 Å². The minimum Gasteiger partial charge on any atom is -0.379 e. The number of amides is 5. The lowest BCUT2D eigenvalue weighted by Crippen LogP contribution is -2.54. The second-order valence-electron chi connectivity index (χ2n) is 16.2. The number of piperidine rings is 3. The molecular weight excluding hydrogens is 813 g/mol. The quantitative estimate of drug-likeness (QED) is 0.321. The highest BCUT2D eigenvalue weighted by Gasteiger charge is 2.45. The summed E-state index contributed by atoms with van der Waals surface area (Å²) in [6.07, 6.45) is 4.38. The second kappa shape index (κ2) is 16.3. The van der Waals surface area contributed by atoms with Crippen LogP contribution < -0.4 is 21.1 Å². The zero-order chi connectivity index (χ0) is 40.8. The van der Waals surface area contributed by atoms with E-state index >= 15 is 4.39 Å². The van der Waals surface area contributed by atoms with Gasteiger partial charge in [-0.15, -0.1) is 0 Å². The molecule has 1 aromatic heterocycles. The third kappa shape index (κ3) is 7.91. The fraction of sp³-hybridized carbons (Fsp3) is 0.488. The Bertz CT molecular complexity index is 2200. The minimum atomic E-state index is -1.10. The predicted molar refractivity (Wildman–Crippen MR) is 216 cm³/mol. The number of halogens is 2. The van der Waals surface area contributed by atoms with Gasteiger partial charge >= 0.3 is 0 Å². The average Bonchev–Trinajstić information content (AvgIpc) is 3.45. The van der Waals surface area contributed by atoms with Crippen LogP contribution in [0.1, 0.15) is 74.7 Å². The number of hydrogen-bond acceptors (Lipinski definition) is 11. The van der Waals surface area contributed by atoms with Crippen LogP contribution in [0.4, 0.5) is 15.8 Å². The Morgan fingerprint density at radius 2 is 1.60 bits per heavy atom. The third-order valence-electron chi connectivity index (χ3n) is 12.3. The van der Waals surface area contributed by atoms with Crippen molar-refractivity contribution >= 4 is 56.8 Å². The van der Waals surface area contributed by atoms with Crippen molar-refractivity contribution in [2.75, 3.05) is 76.2 Å². The van der Waals surface area contributed by atoms with E-state index in [9.17, 15) is 28.8 Å². The molecule has 15 nitrogen and oxygen atoms in total. The molecule has 8 rings (SSSR count). The van der Waals surface area contributed by atoms with Gasteiger partial charge in [-0.2, -0.15) is 5.10 Å². The molecule has 4 saturated heterocycles. The number of aryl methyl sites for hydroxylation is 1. The van der Waals surface area contributed by atoms with Gasteiger partial charge in [0.05, 0.1) is 28.7 Å². The molecule has 5 aliphatic rings. The summed E-state index contributed by atoms with van der Waals surface area (Å²) in [6.45, 7) is 6.46. The van der Waals surface area contributed by atoms with Crippen LogP contribution in [0.15, 0.2) is 51.9 Å². The number of piperazine rings is 1. The largest absolute Gasteiger partial charge is 0.379 e. The zero-order valence-corrected chi connectivity index (χ0v) is 34.2. The number of anilines is 2. The number of fused-ring (bicyclic) bond motifs is 1. The van der Waals surface area contributed by atoms with Gasteiger partial charge in [-0.3, -0.25) is 43.9 Å². The van der Waals surface area contributed by atoms with E-state index in [0.29, 0.717) is 60.9 Å². The van der Waals surface area contributed by atoms with E-state index in [1.165, 1.54) is 16.3 Å². The fourth-order valence-corrected chi connectivity index (χ4v) is 9.63. The van der Waals surface area contributed by atoms with E-state index in [1.54, 1.807) is 13.2 Å². The number of nitrogens with zero attached hydrogens (tertiary/aromatic N) is 7. The van der Waals surface area contributed by atoms with Crippen molar-refractivity contribution < 1.29 is 28.4 Å². The van der Waals surface area contributed by atoms with Crippen molar-refractivity contribution in [1.29, 1.82) is 0 Å². The molecule has 3 aromatic rings. The third-order valence-corrected chi connectivity index (χ3v) is 13.1. The molecule has 0 aliphatic carbocycles. The zero-order valence-electron chi connectivity index (χ0n) is 32.6. The Kier molecular flexibility index (Phi) is 11.2. The van der Waals surface area contributed by atoms with Crippen LogP contribution >= 0.6 is 15.9 Å². The number of imide groups is 2. The van der Waals surface area contributed by atoms with Gasteiger partial charge in [0.2, 0.25) is 11.8 Å². The Balaban J connectivity index is 0.807. The second-order valence-corrected chi connectivity index (χ2v) is 17.0. The molecular formula is C41H47BrFN9O6. The lowest BCUT2D eigenvalue weighted by Gasteiger charge is -2.39. The molecule has 2 N–H and O–H groups in total. The summed E-state index contributed by atoms with van der Waals surface area (Å²) < 4.78 is 17.2. The van der Waals surface area contributed by atoms with Gasteiger partial charge in [0.25, 0.3) is 23.3 Å². The number of benzene rings is 2. The standard InChI is InChI=1S/C41H47BrFN9O6/c1-47-22-27(17-28(23-47)45-32-20-44-48(2)41(58)36(32)42)25-3-5-26(6-4-25)38(55)51-11-9-24(10-12-51)21-49-13-15-50(16-14-49)34-19-30-29(18-31(34)43)39(56)52(40(30)57)33-7-8-35(53)46-37(33)54/h3-6,18-20,24,27-28,33,45H,7-17,21-23H2,1-2H3,(H,46,53,54). The van der Waals surface area contributed by atoms with Crippen LogP contribution in [0.2, 0.25) is 0 Å².